The lowest BCUT2D eigenvalue weighted by molar-refractivity contribution is 0.0653. The fourth-order valence-corrected chi connectivity index (χ4v) is 3.05. The zero-order valence-corrected chi connectivity index (χ0v) is 11.6. The number of hydrogen-bond acceptors (Lipinski definition) is 2. The van der Waals surface area contributed by atoms with Crippen molar-refractivity contribution in [3.63, 3.8) is 0 Å². The first-order valence-electron chi connectivity index (χ1n) is 7.45. The summed E-state index contributed by atoms with van der Waals surface area (Å²) < 4.78 is 19.2. The van der Waals surface area contributed by atoms with E-state index in [-0.39, 0.29) is 11.9 Å². The van der Waals surface area contributed by atoms with Gasteiger partial charge in [0, 0.05) is 12.0 Å². The van der Waals surface area contributed by atoms with Gasteiger partial charge in [-0.2, -0.15) is 0 Å². The lowest BCUT2D eigenvalue weighted by atomic mass is 9.93. The highest BCUT2D eigenvalue weighted by atomic mass is 19.1. The second-order valence-electron chi connectivity index (χ2n) is 5.98. The fourth-order valence-electron chi connectivity index (χ4n) is 3.05. The summed E-state index contributed by atoms with van der Waals surface area (Å²) in [5, 5.41) is 10.3. The van der Waals surface area contributed by atoms with E-state index in [0.29, 0.717) is 23.7 Å². The molecule has 0 aromatic heterocycles. The average molecular weight is 284 g/mol. The third kappa shape index (κ3) is 2.42. The number of halogens is 1. The van der Waals surface area contributed by atoms with Gasteiger partial charge >= 0.3 is 0 Å². The number of rotatable bonds is 2. The van der Waals surface area contributed by atoms with Crippen molar-refractivity contribution in [2.75, 3.05) is 0 Å². The maximum atomic E-state index is 13.3. The molecule has 3 heteroatoms. The summed E-state index contributed by atoms with van der Waals surface area (Å²) in [4.78, 5) is 0. The molecule has 21 heavy (non-hydrogen) atoms. The lowest BCUT2D eigenvalue weighted by Crippen LogP contribution is -2.19. The number of aliphatic hydroxyl groups excluding tert-OH is 1. The average Bonchev–Trinajstić information content (AvgIpc) is 3.33. The summed E-state index contributed by atoms with van der Waals surface area (Å²) in [6.07, 6.45) is 2.14. The standard InChI is InChI=1S/C18H17FO2/c19-14-6-7-17-15(9-14)16(20)10-18(21-17)13-3-1-2-12(8-13)11-4-5-11/h1-3,6-9,11,16,18,20H,4-5,10H2/t16-,18?/m1/s1. The van der Waals surface area contributed by atoms with Gasteiger partial charge in [-0.3, -0.25) is 0 Å². The van der Waals surface area contributed by atoms with Crippen LogP contribution in [0.3, 0.4) is 0 Å². The van der Waals surface area contributed by atoms with Crippen LogP contribution in [0.1, 0.15) is 54.1 Å². The molecule has 1 saturated carbocycles. The van der Waals surface area contributed by atoms with E-state index in [0.717, 1.165) is 5.56 Å². The van der Waals surface area contributed by atoms with Crippen LogP contribution < -0.4 is 4.74 Å². The van der Waals surface area contributed by atoms with Gasteiger partial charge in [0.25, 0.3) is 0 Å². The van der Waals surface area contributed by atoms with Crippen LogP contribution in [0.4, 0.5) is 4.39 Å². The SMILES string of the molecule is O[C@@H]1CC(c2cccc(C3CC3)c2)Oc2ccc(F)cc21. The molecule has 1 N–H and O–H groups in total. The van der Waals surface area contributed by atoms with Crippen molar-refractivity contribution in [1.29, 1.82) is 0 Å². The number of hydrogen-bond donors (Lipinski definition) is 1. The fraction of sp³-hybridized carbons (Fsp3) is 0.333. The minimum absolute atomic E-state index is 0.170. The summed E-state index contributed by atoms with van der Waals surface area (Å²) >= 11 is 0. The van der Waals surface area contributed by atoms with Crippen molar-refractivity contribution in [2.24, 2.45) is 0 Å². The van der Waals surface area contributed by atoms with Gasteiger partial charge in [-0.05, 0) is 48.1 Å². The van der Waals surface area contributed by atoms with E-state index < -0.39 is 6.10 Å². The van der Waals surface area contributed by atoms with Gasteiger partial charge < -0.3 is 9.84 Å². The van der Waals surface area contributed by atoms with Crippen LogP contribution in [0.2, 0.25) is 0 Å². The molecular formula is C18H17FO2. The first-order chi connectivity index (χ1) is 10.2. The zero-order chi connectivity index (χ0) is 14.4. The molecule has 1 heterocycles. The first kappa shape index (κ1) is 12.8. The number of aliphatic hydroxyl groups is 1. The van der Waals surface area contributed by atoms with Crippen molar-refractivity contribution < 1.29 is 14.2 Å². The molecule has 2 aromatic carbocycles. The highest BCUT2D eigenvalue weighted by molar-refractivity contribution is 5.39. The minimum atomic E-state index is -0.681. The smallest absolute Gasteiger partial charge is 0.127 e. The zero-order valence-electron chi connectivity index (χ0n) is 11.6. The van der Waals surface area contributed by atoms with E-state index in [4.69, 9.17) is 4.74 Å². The van der Waals surface area contributed by atoms with Crippen LogP contribution in [-0.2, 0) is 0 Å². The van der Waals surface area contributed by atoms with Crippen molar-refractivity contribution in [3.05, 3.63) is 65.0 Å². The number of fused-ring (bicyclic) bond motifs is 1. The van der Waals surface area contributed by atoms with Gasteiger partial charge in [-0.15, -0.1) is 0 Å². The van der Waals surface area contributed by atoms with E-state index in [2.05, 4.69) is 18.2 Å². The third-order valence-corrected chi connectivity index (χ3v) is 4.37. The molecule has 2 aromatic rings. The maximum absolute atomic E-state index is 13.3. The van der Waals surface area contributed by atoms with Crippen molar-refractivity contribution in [1.82, 2.24) is 0 Å². The molecule has 2 nitrogen and oxygen atoms in total. The Kier molecular flexibility index (Phi) is 2.96. The molecule has 0 saturated heterocycles. The maximum Gasteiger partial charge on any atom is 0.127 e. The second-order valence-corrected chi connectivity index (χ2v) is 5.98. The van der Waals surface area contributed by atoms with Crippen molar-refractivity contribution in [2.45, 2.75) is 37.4 Å². The molecule has 2 aliphatic rings. The van der Waals surface area contributed by atoms with Crippen molar-refractivity contribution >= 4 is 0 Å². The molecule has 0 radical (unpaired) electrons. The Morgan fingerprint density at radius 3 is 2.67 bits per heavy atom. The lowest BCUT2D eigenvalue weighted by Gasteiger charge is -2.30. The first-order valence-corrected chi connectivity index (χ1v) is 7.45. The Labute approximate surface area is 123 Å². The van der Waals surface area contributed by atoms with E-state index in [1.807, 2.05) is 6.07 Å². The predicted octanol–water partition coefficient (Wildman–Crippen LogP) is 4.26. The second kappa shape index (κ2) is 4.85. The van der Waals surface area contributed by atoms with E-state index >= 15 is 0 Å². The number of benzene rings is 2. The van der Waals surface area contributed by atoms with E-state index in [1.165, 1.54) is 30.5 Å². The molecule has 1 unspecified atom stereocenters. The van der Waals surface area contributed by atoms with Crippen LogP contribution in [-0.4, -0.2) is 5.11 Å². The molecule has 0 spiro atoms. The van der Waals surface area contributed by atoms with Crippen molar-refractivity contribution in [3.8, 4) is 5.75 Å². The highest BCUT2D eigenvalue weighted by Crippen LogP contribution is 2.44. The van der Waals surface area contributed by atoms with Gasteiger partial charge in [0.2, 0.25) is 0 Å². The van der Waals surface area contributed by atoms with Gasteiger partial charge in [-0.25, -0.2) is 4.39 Å². The van der Waals surface area contributed by atoms with Crippen LogP contribution >= 0.6 is 0 Å². The molecule has 2 atom stereocenters. The van der Waals surface area contributed by atoms with Crippen LogP contribution in [0.15, 0.2) is 42.5 Å². The Hall–Kier alpha value is -1.87. The Morgan fingerprint density at radius 1 is 1.05 bits per heavy atom. The summed E-state index contributed by atoms with van der Waals surface area (Å²) in [5.41, 5.74) is 2.99. The Morgan fingerprint density at radius 2 is 1.86 bits per heavy atom. The highest BCUT2D eigenvalue weighted by Gasteiger charge is 2.30. The minimum Gasteiger partial charge on any atom is -0.485 e. The molecular weight excluding hydrogens is 267 g/mol. The summed E-state index contributed by atoms with van der Waals surface area (Å²) in [6.45, 7) is 0. The Balaban J connectivity index is 1.65. The quantitative estimate of drug-likeness (QED) is 0.892. The van der Waals surface area contributed by atoms with Crippen LogP contribution in [0, 0.1) is 5.82 Å². The summed E-state index contributed by atoms with van der Waals surface area (Å²) in [7, 11) is 0. The molecule has 0 bridgehead atoms. The monoisotopic (exact) mass is 284 g/mol. The van der Waals surface area contributed by atoms with E-state index in [9.17, 15) is 9.50 Å². The molecule has 1 aliphatic carbocycles. The van der Waals surface area contributed by atoms with Gasteiger partial charge in [-0.1, -0.05) is 24.3 Å². The normalized spacial score (nSPS) is 24.3. The Bertz CT molecular complexity index is 679. The van der Waals surface area contributed by atoms with Gasteiger partial charge in [0.1, 0.15) is 17.7 Å². The number of ether oxygens (including phenoxy) is 1. The summed E-state index contributed by atoms with van der Waals surface area (Å²) in [6, 6.07) is 12.8. The summed E-state index contributed by atoms with van der Waals surface area (Å²) in [5.74, 6) is 0.933. The largest absolute Gasteiger partial charge is 0.485 e. The topological polar surface area (TPSA) is 29.5 Å². The van der Waals surface area contributed by atoms with Crippen LogP contribution in [0.5, 0.6) is 5.75 Å². The third-order valence-electron chi connectivity index (χ3n) is 4.37. The molecule has 1 aliphatic heterocycles. The molecule has 1 fully saturated rings. The van der Waals surface area contributed by atoms with Gasteiger partial charge in [0.05, 0.1) is 6.10 Å². The van der Waals surface area contributed by atoms with Gasteiger partial charge in [0.15, 0.2) is 0 Å². The molecule has 4 rings (SSSR count). The predicted molar refractivity (Wildman–Crippen MR) is 77.8 cm³/mol. The van der Waals surface area contributed by atoms with E-state index in [1.54, 1.807) is 6.07 Å². The molecule has 108 valence electrons. The molecule has 0 amide bonds. The van der Waals surface area contributed by atoms with Crippen LogP contribution in [0.25, 0.3) is 0 Å².